The first kappa shape index (κ1) is 25.9. The average molecular weight is 502 g/mol. The van der Waals surface area contributed by atoms with Gasteiger partial charge in [-0.1, -0.05) is 18.2 Å². The second-order valence-electron chi connectivity index (χ2n) is 9.37. The number of rotatable bonds is 9. The van der Waals surface area contributed by atoms with E-state index in [0.717, 1.165) is 17.7 Å². The number of aromatic carboxylic acids is 1. The van der Waals surface area contributed by atoms with E-state index in [9.17, 15) is 14.7 Å². The van der Waals surface area contributed by atoms with E-state index in [2.05, 4.69) is 10.3 Å². The number of carbonyl (C=O) groups is 1. The first-order valence-electron chi connectivity index (χ1n) is 12.1. The molecule has 1 atom stereocenters. The summed E-state index contributed by atoms with van der Waals surface area (Å²) in [5.41, 5.74) is 3.81. The van der Waals surface area contributed by atoms with E-state index in [-0.39, 0.29) is 17.0 Å². The van der Waals surface area contributed by atoms with Gasteiger partial charge in [0.1, 0.15) is 18.0 Å². The molecule has 0 aliphatic heterocycles. The summed E-state index contributed by atoms with van der Waals surface area (Å²) in [6.45, 7) is 6.86. The number of para-hydroxylation sites is 1. The summed E-state index contributed by atoms with van der Waals surface area (Å²) >= 11 is 0. The summed E-state index contributed by atoms with van der Waals surface area (Å²) in [5, 5.41) is 13.3. The van der Waals surface area contributed by atoms with Gasteiger partial charge >= 0.3 is 5.97 Å². The summed E-state index contributed by atoms with van der Waals surface area (Å²) in [6, 6.07) is 13.7. The van der Waals surface area contributed by atoms with Gasteiger partial charge in [-0.05, 0) is 64.7 Å². The number of pyridine rings is 1. The Hall–Kier alpha value is -4.17. The number of nitrogens with one attached hydrogen (secondary N) is 1. The number of hydrogen-bond acceptors (Lipinski definition) is 7. The Morgan fingerprint density at radius 3 is 2.59 bits per heavy atom. The van der Waals surface area contributed by atoms with Crippen LogP contribution in [0, 0.1) is 13.8 Å². The number of carboxylic acid groups (broad SMARTS) is 1. The van der Waals surface area contributed by atoms with Gasteiger partial charge in [0.25, 0.3) is 0 Å². The molecule has 0 spiro atoms. The van der Waals surface area contributed by atoms with Gasteiger partial charge in [0.05, 0.1) is 17.0 Å². The quantitative estimate of drug-likeness (QED) is 0.319. The monoisotopic (exact) mass is 501 g/mol. The Balaban J connectivity index is 1.74. The van der Waals surface area contributed by atoms with Crippen molar-refractivity contribution in [2.75, 3.05) is 32.6 Å². The Kier molecular flexibility index (Phi) is 7.59. The molecule has 0 saturated heterocycles. The van der Waals surface area contributed by atoms with Crippen LogP contribution in [0.3, 0.4) is 0 Å². The van der Waals surface area contributed by atoms with E-state index in [4.69, 9.17) is 9.15 Å². The highest BCUT2D eigenvalue weighted by Gasteiger charge is 2.20. The van der Waals surface area contributed by atoms with Crippen molar-refractivity contribution in [3.63, 3.8) is 0 Å². The molecule has 2 aromatic carbocycles. The number of carboxylic acids is 1. The van der Waals surface area contributed by atoms with E-state index >= 15 is 0 Å². The van der Waals surface area contributed by atoms with Crippen LogP contribution in [0.1, 0.15) is 40.0 Å². The third-order valence-corrected chi connectivity index (χ3v) is 6.17. The number of anilines is 1. The zero-order valence-corrected chi connectivity index (χ0v) is 21.7. The molecular formula is C29H31N3O5. The zero-order valence-electron chi connectivity index (χ0n) is 21.7. The maximum Gasteiger partial charge on any atom is 0.337 e. The standard InChI is InChI=1S/C29H31N3O5/c1-17-14-22(19(3)31-24-9-7-6-8-21(24)29(34)35)28-23(15-17)26(33)18(2)27(37-28)20-10-11-25(30-16-20)36-13-12-32(4)5/h6-11,14-16,19,31H,12-13H2,1-5H3,(H,34,35)/t19-/m1/s1. The molecule has 37 heavy (non-hydrogen) atoms. The number of aryl methyl sites for hydroxylation is 1. The third-order valence-electron chi connectivity index (χ3n) is 6.17. The molecule has 0 unspecified atom stereocenters. The minimum atomic E-state index is -1.02. The second-order valence-corrected chi connectivity index (χ2v) is 9.37. The molecule has 192 valence electrons. The van der Waals surface area contributed by atoms with E-state index < -0.39 is 5.97 Å². The Morgan fingerprint density at radius 2 is 1.92 bits per heavy atom. The van der Waals surface area contributed by atoms with Crippen LogP contribution in [-0.4, -0.2) is 48.2 Å². The maximum absolute atomic E-state index is 13.4. The van der Waals surface area contributed by atoms with Crippen molar-refractivity contribution in [1.82, 2.24) is 9.88 Å². The lowest BCUT2D eigenvalue weighted by Gasteiger charge is -2.20. The fourth-order valence-electron chi connectivity index (χ4n) is 4.20. The summed E-state index contributed by atoms with van der Waals surface area (Å²) in [4.78, 5) is 31.5. The minimum Gasteiger partial charge on any atom is -0.478 e. The molecule has 0 radical (unpaired) electrons. The van der Waals surface area contributed by atoms with Crippen molar-refractivity contribution in [3.05, 3.63) is 87.2 Å². The molecule has 0 fully saturated rings. The molecule has 4 aromatic rings. The molecule has 2 aromatic heterocycles. The van der Waals surface area contributed by atoms with E-state index in [1.165, 1.54) is 0 Å². The normalized spacial score (nSPS) is 12.1. The summed E-state index contributed by atoms with van der Waals surface area (Å²) in [5.74, 6) is -0.0822. The molecule has 0 aliphatic carbocycles. The van der Waals surface area contributed by atoms with Gasteiger partial charge in [0.15, 0.2) is 5.43 Å². The van der Waals surface area contributed by atoms with Gasteiger partial charge in [-0.25, -0.2) is 9.78 Å². The molecule has 8 heteroatoms. The van der Waals surface area contributed by atoms with Gasteiger partial charge in [-0.2, -0.15) is 0 Å². The minimum absolute atomic E-state index is 0.120. The topological polar surface area (TPSA) is 105 Å². The van der Waals surface area contributed by atoms with Crippen LogP contribution in [0.2, 0.25) is 0 Å². The number of benzene rings is 2. The van der Waals surface area contributed by atoms with Gasteiger partial charge in [0, 0.05) is 41.2 Å². The number of likely N-dealkylation sites (N-methyl/N-ethyl adjacent to an activating group) is 1. The molecule has 2 heterocycles. The predicted molar refractivity (Wildman–Crippen MR) is 145 cm³/mol. The zero-order chi connectivity index (χ0) is 26.7. The molecule has 8 nitrogen and oxygen atoms in total. The largest absolute Gasteiger partial charge is 0.478 e. The lowest BCUT2D eigenvalue weighted by atomic mass is 9.99. The van der Waals surface area contributed by atoms with Crippen LogP contribution < -0.4 is 15.5 Å². The molecule has 0 saturated carbocycles. The Bertz CT molecular complexity index is 1490. The van der Waals surface area contributed by atoms with Crippen LogP contribution in [0.25, 0.3) is 22.3 Å². The smallest absolute Gasteiger partial charge is 0.337 e. The van der Waals surface area contributed by atoms with Gasteiger partial charge in [-0.15, -0.1) is 0 Å². The highest BCUT2D eigenvalue weighted by atomic mass is 16.5. The van der Waals surface area contributed by atoms with E-state index in [0.29, 0.717) is 46.0 Å². The number of fused-ring (bicyclic) bond motifs is 1. The second kappa shape index (κ2) is 10.8. The number of aromatic nitrogens is 1. The fourth-order valence-corrected chi connectivity index (χ4v) is 4.20. The molecule has 0 aliphatic rings. The van der Waals surface area contributed by atoms with Gasteiger partial charge < -0.3 is 24.5 Å². The Morgan fingerprint density at radius 1 is 1.16 bits per heavy atom. The van der Waals surface area contributed by atoms with Crippen molar-refractivity contribution >= 4 is 22.6 Å². The predicted octanol–water partition coefficient (Wildman–Crippen LogP) is 5.28. The van der Waals surface area contributed by atoms with E-state index in [1.54, 1.807) is 43.5 Å². The average Bonchev–Trinajstić information content (AvgIpc) is 2.86. The highest BCUT2D eigenvalue weighted by Crippen LogP contribution is 2.32. The highest BCUT2D eigenvalue weighted by molar-refractivity contribution is 5.94. The lowest BCUT2D eigenvalue weighted by Crippen LogP contribution is -2.19. The van der Waals surface area contributed by atoms with Crippen molar-refractivity contribution in [2.24, 2.45) is 0 Å². The summed E-state index contributed by atoms with van der Waals surface area (Å²) in [7, 11) is 3.95. The van der Waals surface area contributed by atoms with Crippen LogP contribution in [0.4, 0.5) is 5.69 Å². The Labute approximate surface area is 215 Å². The maximum atomic E-state index is 13.4. The lowest BCUT2D eigenvalue weighted by molar-refractivity contribution is 0.0698. The molecule has 4 rings (SSSR count). The molecule has 0 amide bonds. The van der Waals surface area contributed by atoms with Crippen molar-refractivity contribution in [2.45, 2.75) is 26.8 Å². The van der Waals surface area contributed by atoms with Crippen molar-refractivity contribution < 1.29 is 19.1 Å². The SMILES string of the molecule is Cc1cc([C@@H](C)Nc2ccccc2C(=O)O)c2oc(-c3ccc(OCCN(C)C)nc3)c(C)c(=O)c2c1. The van der Waals surface area contributed by atoms with Gasteiger partial charge in [0.2, 0.25) is 5.88 Å². The third kappa shape index (κ3) is 5.65. The fraction of sp³-hybridized carbons (Fsp3) is 0.276. The summed E-state index contributed by atoms with van der Waals surface area (Å²) < 4.78 is 12.1. The molecular weight excluding hydrogens is 470 g/mol. The van der Waals surface area contributed by atoms with Crippen molar-refractivity contribution in [3.8, 4) is 17.2 Å². The molecule has 2 N–H and O–H groups in total. The van der Waals surface area contributed by atoms with E-state index in [1.807, 2.05) is 51.0 Å². The van der Waals surface area contributed by atoms with Crippen LogP contribution in [-0.2, 0) is 0 Å². The van der Waals surface area contributed by atoms with Crippen molar-refractivity contribution in [1.29, 1.82) is 0 Å². The first-order valence-corrected chi connectivity index (χ1v) is 12.1. The molecule has 0 bridgehead atoms. The first-order chi connectivity index (χ1) is 17.7. The number of nitrogens with zero attached hydrogens (tertiary/aromatic N) is 2. The number of hydrogen-bond donors (Lipinski definition) is 2. The van der Waals surface area contributed by atoms with Crippen LogP contribution >= 0.6 is 0 Å². The van der Waals surface area contributed by atoms with Gasteiger partial charge in [-0.3, -0.25) is 4.79 Å². The van der Waals surface area contributed by atoms with Crippen LogP contribution in [0.15, 0.2) is 63.9 Å². The number of ether oxygens (including phenoxy) is 1. The van der Waals surface area contributed by atoms with Crippen LogP contribution in [0.5, 0.6) is 5.88 Å². The summed E-state index contributed by atoms with van der Waals surface area (Å²) in [6.07, 6.45) is 1.64.